The first-order valence-corrected chi connectivity index (χ1v) is 6.53. The van der Waals surface area contributed by atoms with E-state index in [0.29, 0.717) is 30.9 Å². The second-order valence-corrected chi connectivity index (χ2v) is 4.83. The zero-order valence-electron chi connectivity index (χ0n) is 11.4. The molecule has 0 saturated carbocycles. The van der Waals surface area contributed by atoms with Crippen molar-refractivity contribution in [2.24, 2.45) is 5.73 Å². The third-order valence-corrected chi connectivity index (χ3v) is 3.23. The second-order valence-electron chi connectivity index (χ2n) is 4.83. The summed E-state index contributed by atoms with van der Waals surface area (Å²) in [5.74, 6) is 0. The van der Waals surface area contributed by atoms with Crippen molar-refractivity contribution in [1.82, 2.24) is 4.90 Å². The van der Waals surface area contributed by atoms with E-state index in [-0.39, 0.29) is 18.2 Å². The number of carbonyl (C=O) groups excluding carboxylic acids is 1. The lowest BCUT2D eigenvalue weighted by atomic mass is 10.1. The van der Waals surface area contributed by atoms with Gasteiger partial charge in [0.25, 0.3) is 0 Å². The second kappa shape index (κ2) is 6.37. The van der Waals surface area contributed by atoms with Crippen LogP contribution in [0.25, 0.3) is 0 Å². The SMILES string of the molecule is CC(N)C1CN(C(=O)Nc2ccc(C#N)cc2)CCO1. The molecule has 1 heterocycles. The Morgan fingerprint density at radius 1 is 1.55 bits per heavy atom. The van der Waals surface area contributed by atoms with Gasteiger partial charge in [0.2, 0.25) is 0 Å². The number of nitriles is 1. The number of nitrogens with one attached hydrogen (secondary N) is 1. The van der Waals surface area contributed by atoms with Gasteiger partial charge in [-0.2, -0.15) is 5.26 Å². The Balaban J connectivity index is 1.95. The van der Waals surface area contributed by atoms with E-state index < -0.39 is 0 Å². The lowest BCUT2D eigenvalue weighted by molar-refractivity contribution is -0.0220. The van der Waals surface area contributed by atoms with Gasteiger partial charge in [0.15, 0.2) is 0 Å². The number of urea groups is 1. The van der Waals surface area contributed by atoms with Gasteiger partial charge in [-0.05, 0) is 31.2 Å². The summed E-state index contributed by atoms with van der Waals surface area (Å²) in [6.45, 7) is 3.39. The van der Waals surface area contributed by atoms with Crippen LogP contribution in [-0.2, 0) is 4.74 Å². The third kappa shape index (κ3) is 3.47. The molecule has 1 fully saturated rings. The van der Waals surface area contributed by atoms with Crippen LogP contribution in [0.3, 0.4) is 0 Å². The molecule has 106 valence electrons. The number of rotatable bonds is 2. The lowest BCUT2D eigenvalue weighted by Gasteiger charge is -2.34. The highest BCUT2D eigenvalue weighted by molar-refractivity contribution is 5.89. The van der Waals surface area contributed by atoms with E-state index in [4.69, 9.17) is 15.7 Å². The van der Waals surface area contributed by atoms with Crippen LogP contribution in [0, 0.1) is 11.3 Å². The minimum atomic E-state index is -0.177. The highest BCUT2D eigenvalue weighted by Gasteiger charge is 2.26. The molecule has 6 nitrogen and oxygen atoms in total. The van der Waals surface area contributed by atoms with E-state index in [1.807, 2.05) is 13.0 Å². The van der Waals surface area contributed by atoms with Gasteiger partial charge in [-0.15, -0.1) is 0 Å². The van der Waals surface area contributed by atoms with Gasteiger partial charge in [0.05, 0.1) is 30.9 Å². The van der Waals surface area contributed by atoms with Crippen molar-refractivity contribution in [3.8, 4) is 6.07 Å². The van der Waals surface area contributed by atoms with Crippen LogP contribution >= 0.6 is 0 Å². The average Bonchev–Trinajstić information content (AvgIpc) is 2.48. The molecule has 2 amide bonds. The number of nitrogens with two attached hydrogens (primary N) is 1. The van der Waals surface area contributed by atoms with Gasteiger partial charge in [-0.25, -0.2) is 4.79 Å². The van der Waals surface area contributed by atoms with Crippen molar-refractivity contribution in [2.75, 3.05) is 25.0 Å². The molecule has 2 rings (SSSR count). The monoisotopic (exact) mass is 274 g/mol. The molecule has 1 aliphatic heterocycles. The molecule has 0 bridgehead atoms. The first kappa shape index (κ1) is 14.3. The summed E-state index contributed by atoms with van der Waals surface area (Å²) in [4.78, 5) is 13.8. The molecule has 1 aliphatic rings. The Morgan fingerprint density at radius 2 is 2.25 bits per heavy atom. The number of ether oxygens (including phenoxy) is 1. The normalized spacial score (nSPS) is 20.1. The van der Waals surface area contributed by atoms with Crippen molar-refractivity contribution < 1.29 is 9.53 Å². The molecule has 1 aromatic rings. The number of amides is 2. The molecular formula is C14H18N4O2. The molecular weight excluding hydrogens is 256 g/mol. The van der Waals surface area contributed by atoms with E-state index in [9.17, 15) is 4.79 Å². The summed E-state index contributed by atoms with van der Waals surface area (Å²) in [5, 5.41) is 11.5. The predicted molar refractivity (Wildman–Crippen MR) is 75.1 cm³/mol. The van der Waals surface area contributed by atoms with E-state index >= 15 is 0 Å². The van der Waals surface area contributed by atoms with Gasteiger partial charge in [0, 0.05) is 18.3 Å². The predicted octanol–water partition coefficient (Wildman–Crippen LogP) is 1.14. The van der Waals surface area contributed by atoms with Gasteiger partial charge < -0.3 is 20.7 Å². The Hall–Kier alpha value is -2.10. The molecule has 1 aromatic carbocycles. The van der Waals surface area contributed by atoms with E-state index in [2.05, 4.69) is 5.32 Å². The summed E-state index contributed by atoms with van der Waals surface area (Å²) in [5.41, 5.74) is 7.03. The minimum Gasteiger partial charge on any atom is -0.373 e. The zero-order chi connectivity index (χ0) is 14.5. The molecule has 20 heavy (non-hydrogen) atoms. The van der Waals surface area contributed by atoms with Crippen LogP contribution in [0.2, 0.25) is 0 Å². The molecule has 2 atom stereocenters. The van der Waals surface area contributed by atoms with Crippen LogP contribution in [0.15, 0.2) is 24.3 Å². The maximum atomic E-state index is 12.1. The van der Waals surface area contributed by atoms with Crippen LogP contribution in [0.1, 0.15) is 12.5 Å². The van der Waals surface area contributed by atoms with Crippen LogP contribution in [0.5, 0.6) is 0 Å². The number of hydrogen-bond acceptors (Lipinski definition) is 4. The van der Waals surface area contributed by atoms with Crippen molar-refractivity contribution in [1.29, 1.82) is 5.26 Å². The minimum absolute atomic E-state index is 0.111. The standard InChI is InChI=1S/C14H18N4O2/c1-10(16)13-9-18(6-7-20-13)14(19)17-12-4-2-11(8-15)3-5-12/h2-5,10,13H,6-7,9,16H2,1H3,(H,17,19). The quantitative estimate of drug-likeness (QED) is 0.846. The Labute approximate surface area is 118 Å². The molecule has 0 aromatic heterocycles. The van der Waals surface area contributed by atoms with Gasteiger partial charge in [-0.1, -0.05) is 0 Å². The molecule has 1 saturated heterocycles. The number of morpholine rings is 1. The van der Waals surface area contributed by atoms with E-state index in [1.165, 1.54) is 0 Å². The number of carbonyl (C=O) groups is 1. The van der Waals surface area contributed by atoms with E-state index in [0.717, 1.165) is 0 Å². The highest BCUT2D eigenvalue weighted by Crippen LogP contribution is 2.12. The first-order valence-electron chi connectivity index (χ1n) is 6.53. The summed E-state index contributed by atoms with van der Waals surface area (Å²) < 4.78 is 5.52. The fourth-order valence-electron chi connectivity index (χ4n) is 2.01. The van der Waals surface area contributed by atoms with Crippen molar-refractivity contribution in [3.63, 3.8) is 0 Å². The Kier molecular flexibility index (Phi) is 4.56. The number of nitrogens with zero attached hydrogens (tertiary/aromatic N) is 2. The molecule has 0 radical (unpaired) electrons. The van der Waals surface area contributed by atoms with Crippen molar-refractivity contribution in [2.45, 2.75) is 19.1 Å². The largest absolute Gasteiger partial charge is 0.373 e. The first-order chi connectivity index (χ1) is 9.60. The summed E-state index contributed by atoms with van der Waals surface area (Å²) >= 11 is 0. The molecule has 2 unspecified atom stereocenters. The molecule has 3 N–H and O–H groups in total. The maximum absolute atomic E-state index is 12.1. The van der Waals surface area contributed by atoms with Crippen LogP contribution in [-0.4, -0.2) is 42.8 Å². The number of hydrogen-bond donors (Lipinski definition) is 2. The Morgan fingerprint density at radius 3 is 2.85 bits per heavy atom. The number of benzene rings is 1. The number of anilines is 1. The van der Waals surface area contributed by atoms with Crippen molar-refractivity contribution in [3.05, 3.63) is 29.8 Å². The molecule has 0 aliphatic carbocycles. The maximum Gasteiger partial charge on any atom is 0.322 e. The molecule has 0 spiro atoms. The summed E-state index contributed by atoms with van der Waals surface area (Å²) in [6.07, 6.45) is -0.129. The van der Waals surface area contributed by atoms with Crippen LogP contribution < -0.4 is 11.1 Å². The molecule has 6 heteroatoms. The fraction of sp³-hybridized carbons (Fsp3) is 0.429. The Bertz CT molecular complexity index is 507. The van der Waals surface area contributed by atoms with Gasteiger partial charge >= 0.3 is 6.03 Å². The fourth-order valence-corrected chi connectivity index (χ4v) is 2.01. The van der Waals surface area contributed by atoms with Crippen LogP contribution in [0.4, 0.5) is 10.5 Å². The highest BCUT2D eigenvalue weighted by atomic mass is 16.5. The van der Waals surface area contributed by atoms with Gasteiger partial charge in [0.1, 0.15) is 0 Å². The summed E-state index contributed by atoms with van der Waals surface area (Å²) in [6, 6.07) is 8.50. The zero-order valence-corrected chi connectivity index (χ0v) is 11.4. The third-order valence-electron chi connectivity index (χ3n) is 3.23. The average molecular weight is 274 g/mol. The smallest absolute Gasteiger partial charge is 0.322 e. The van der Waals surface area contributed by atoms with Gasteiger partial charge in [-0.3, -0.25) is 0 Å². The lowest BCUT2D eigenvalue weighted by Crippen LogP contribution is -2.52. The topological polar surface area (TPSA) is 91.4 Å². The van der Waals surface area contributed by atoms with Crippen molar-refractivity contribution >= 4 is 11.7 Å². The summed E-state index contributed by atoms with van der Waals surface area (Å²) in [7, 11) is 0. The van der Waals surface area contributed by atoms with E-state index in [1.54, 1.807) is 29.2 Å².